The van der Waals surface area contributed by atoms with Crippen LogP contribution in [-0.4, -0.2) is 14.1 Å². The number of nitrogens with one attached hydrogen (secondary N) is 1. The minimum absolute atomic E-state index is 0.180. The Morgan fingerprint density at radius 3 is 2.68 bits per heavy atom. The average molecular weight is 314 g/mol. The highest BCUT2D eigenvalue weighted by molar-refractivity contribution is 6.30. The Hall–Kier alpha value is -2.18. The lowest BCUT2D eigenvalue weighted by atomic mass is 10.0. The van der Waals surface area contributed by atoms with Crippen LogP contribution in [0.15, 0.2) is 42.5 Å². The summed E-state index contributed by atoms with van der Waals surface area (Å²) >= 11 is 6.11. The van der Waals surface area contributed by atoms with Crippen LogP contribution in [0, 0.1) is 11.3 Å². The van der Waals surface area contributed by atoms with Crippen molar-refractivity contribution in [3.05, 3.63) is 58.6 Å². The molecule has 1 atom stereocenters. The Bertz CT molecular complexity index is 691. The summed E-state index contributed by atoms with van der Waals surface area (Å²) < 4.78 is 0. The maximum Gasteiger partial charge on any atom is 0.101 e. The molecule has 0 amide bonds. The van der Waals surface area contributed by atoms with E-state index in [1.165, 1.54) is 5.56 Å². The molecule has 2 rings (SSSR count). The molecular weight excluding hydrogens is 294 g/mol. The molecular formula is C18H20ClN3. The van der Waals surface area contributed by atoms with Gasteiger partial charge in [0.2, 0.25) is 0 Å². The maximum atomic E-state index is 9.34. The Morgan fingerprint density at radius 1 is 1.27 bits per heavy atom. The highest BCUT2D eigenvalue weighted by Gasteiger charge is 2.18. The first kappa shape index (κ1) is 16.2. The molecule has 0 aromatic heterocycles. The molecule has 114 valence electrons. The molecule has 0 bridgehead atoms. The summed E-state index contributed by atoms with van der Waals surface area (Å²) in [5.74, 6) is 0. The summed E-state index contributed by atoms with van der Waals surface area (Å²) in [6, 6.07) is 16.1. The fourth-order valence-corrected chi connectivity index (χ4v) is 2.86. The molecule has 4 heteroatoms. The van der Waals surface area contributed by atoms with E-state index in [-0.39, 0.29) is 6.04 Å². The van der Waals surface area contributed by atoms with E-state index in [2.05, 4.69) is 35.3 Å². The van der Waals surface area contributed by atoms with Crippen LogP contribution in [0.5, 0.6) is 0 Å². The monoisotopic (exact) mass is 313 g/mol. The lowest BCUT2D eigenvalue weighted by molar-refractivity contribution is 0.648. The Labute approximate surface area is 137 Å². The first-order valence-corrected chi connectivity index (χ1v) is 7.68. The summed E-state index contributed by atoms with van der Waals surface area (Å²) in [5.41, 5.74) is 3.78. The topological polar surface area (TPSA) is 39.1 Å². The minimum atomic E-state index is 0.180. The van der Waals surface area contributed by atoms with Gasteiger partial charge in [0.25, 0.3) is 0 Å². The van der Waals surface area contributed by atoms with Crippen molar-refractivity contribution >= 4 is 23.0 Å². The second kappa shape index (κ2) is 7.20. The molecule has 2 aromatic carbocycles. The van der Waals surface area contributed by atoms with Gasteiger partial charge in [0, 0.05) is 24.8 Å². The van der Waals surface area contributed by atoms with Gasteiger partial charge in [0.1, 0.15) is 6.07 Å². The van der Waals surface area contributed by atoms with Crippen molar-refractivity contribution in [3.63, 3.8) is 0 Å². The van der Waals surface area contributed by atoms with E-state index in [0.717, 1.165) is 17.8 Å². The zero-order valence-corrected chi connectivity index (χ0v) is 13.9. The molecule has 3 nitrogen and oxygen atoms in total. The first-order chi connectivity index (χ1) is 10.6. The van der Waals surface area contributed by atoms with Gasteiger partial charge in [-0.3, -0.25) is 0 Å². The Morgan fingerprint density at radius 2 is 2.05 bits per heavy atom. The predicted molar refractivity (Wildman–Crippen MR) is 93.6 cm³/mol. The van der Waals surface area contributed by atoms with Crippen LogP contribution in [0.25, 0.3) is 0 Å². The van der Waals surface area contributed by atoms with Crippen molar-refractivity contribution in [2.24, 2.45) is 0 Å². The van der Waals surface area contributed by atoms with Crippen molar-refractivity contribution in [3.8, 4) is 6.07 Å². The van der Waals surface area contributed by atoms with Gasteiger partial charge in [0.15, 0.2) is 0 Å². The lowest BCUT2D eigenvalue weighted by Crippen LogP contribution is -2.24. The fourth-order valence-electron chi connectivity index (χ4n) is 2.69. The third-order valence-corrected chi connectivity index (χ3v) is 4.11. The number of benzene rings is 2. The molecule has 0 saturated heterocycles. The SMILES string of the molecule is CCC(c1cccc(NC)c1)N(C)c1cc(Cl)ccc1C#N. The number of hydrogen-bond acceptors (Lipinski definition) is 3. The molecule has 22 heavy (non-hydrogen) atoms. The number of hydrogen-bond donors (Lipinski definition) is 1. The van der Waals surface area contributed by atoms with Crippen molar-refractivity contribution in [1.82, 2.24) is 0 Å². The van der Waals surface area contributed by atoms with Crippen LogP contribution >= 0.6 is 11.6 Å². The Kier molecular flexibility index (Phi) is 5.30. The second-order valence-corrected chi connectivity index (χ2v) is 5.62. The zero-order chi connectivity index (χ0) is 16.1. The third kappa shape index (κ3) is 3.35. The molecule has 0 heterocycles. The third-order valence-electron chi connectivity index (χ3n) is 3.87. The van der Waals surface area contributed by atoms with Crippen LogP contribution < -0.4 is 10.2 Å². The van der Waals surface area contributed by atoms with Gasteiger partial charge in [0.05, 0.1) is 17.3 Å². The van der Waals surface area contributed by atoms with Gasteiger partial charge in [-0.1, -0.05) is 30.7 Å². The van der Waals surface area contributed by atoms with Gasteiger partial charge in [-0.2, -0.15) is 5.26 Å². The normalized spacial score (nSPS) is 11.6. The summed E-state index contributed by atoms with van der Waals surface area (Å²) in [5, 5.41) is 13.1. The summed E-state index contributed by atoms with van der Waals surface area (Å²) in [6.45, 7) is 2.14. The molecule has 1 unspecified atom stereocenters. The van der Waals surface area contributed by atoms with E-state index in [1.807, 2.05) is 32.3 Å². The predicted octanol–water partition coefficient (Wildman–Crippen LogP) is 4.84. The van der Waals surface area contributed by atoms with Gasteiger partial charge in [-0.15, -0.1) is 0 Å². The molecule has 0 fully saturated rings. The Balaban J connectivity index is 2.43. The van der Waals surface area contributed by atoms with E-state index in [0.29, 0.717) is 10.6 Å². The van der Waals surface area contributed by atoms with E-state index in [4.69, 9.17) is 11.6 Å². The molecule has 0 aliphatic heterocycles. The van der Waals surface area contributed by atoms with E-state index >= 15 is 0 Å². The first-order valence-electron chi connectivity index (χ1n) is 7.31. The fraction of sp³-hybridized carbons (Fsp3) is 0.278. The van der Waals surface area contributed by atoms with Crippen molar-refractivity contribution in [1.29, 1.82) is 5.26 Å². The number of nitrogens with zero attached hydrogens (tertiary/aromatic N) is 2. The lowest BCUT2D eigenvalue weighted by Gasteiger charge is -2.30. The molecule has 2 aromatic rings. The number of anilines is 2. The standard InChI is InChI=1S/C18H20ClN3/c1-4-17(13-6-5-7-16(10-13)21-2)22(3)18-11-15(19)9-8-14(18)12-20/h5-11,17,21H,4H2,1-3H3. The summed E-state index contributed by atoms with van der Waals surface area (Å²) in [7, 11) is 3.92. The largest absolute Gasteiger partial charge is 0.388 e. The van der Waals surface area contributed by atoms with Gasteiger partial charge in [-0.25, -0.2) is 0 Å². The molecule has 0 radical (unpaired) electrons. The highest BCUT2D eigenvalue weighted by Crippen LogP contribution is 2.33. The highest BCUT2D eigenvalue weighted by atomic mass is 35.5. The number of rotatable bonds is 5. The molecule has 0 aliphatic carbocycles. The van der Waals surface area contributed by atoms with Crippen molar-refractivity contribution in [2.45, 2.75) is 19.4 Å². The van der Waals surface area contributed by atoms with Crippen LogP contribution in [0.1, 0.15) is 30.5 Å². The van der Waals surface area contributed by atoms with Crippen LogP contribution in [-0.2, 0) is 0 Å². The quantitative estimate of drug-likeness (QED) is 0.858. The molecule has 1 N–H and O–H groups in total. The zero-order valence-electron chi connectivity index (χ0n) is 13.1. The summed E-state index contributed by atoms with van der Waals surface area (Å²) in [4.78, 5) is 2.12. The van der Waals surface area contributed by atoms with Gasteiger partial charge >= 0.3 is 0 Å². The summed E-state index contributed by atoms with van der Waals surface area (Å²) in [6.07, 6.45) is 0.932. The van der Waals surface area contributed by atoms with Crippen LogP contribution in [0.2, 0.25) is 5.02 Å². The second-order valence-electron chi connectivity index (χ2n) is 5.18. The maximum absolute atomic E-state index is 9.34. The molecule has 0 spiro atoms. The van der Waals surface area contributed by atoms with Crippen LogP contribution in [0.4, 0.5) is 11.4 Å². The number of halogens is 1. The molecule has 0 saturated carbocycles. The van der Waals surface area contributed by atoms with E-state index in [1.54, 1.807) is 12.1 Å². The van der Waals surface area contributed by atoms with Crippen LogP contribution in [0.3, 0.4) is 0 Å². The van der Waals surface area contributed by atoms with Gasteiger partial charge < -0.3 is 10.2 Å². The minimum Gasteiger partial charge on any atom is -0.388 e. The number of nitriles is 1. The van der Waals surface area contributed by atoms with E-state index in [9.17, 15) is 5.26 Å². The van der Waals surface area contributed by atoms with Crippen molar-refractivity contribution < 1.29 is 0 Å². The van der Waals surface area contributed by atoms with Crippen molar-refractivity contribution in [2.75, 3.05) is 24.3 Å². The smallest absolute Gasteiger partial charge is 0.101 e. The molecule has 0 aliphatic rings. The van der Waals surface area contributed by atoms with Gasteiger partial charge in [-0.05, 0) is 42.3 Å². The average Bonchev–Trinajstić information content (AvgIpc) is 2.55. The van der Waals surface area contributed by atoms with E-state index < -0.39 is 0 Å².